The van der Waals surface area contributed by atoms with Gasteiger partial charge in [0.1, 0.15) is 11.6 Å². The summed E-state index contributed by atoms with van der Waals surface area (Å²) in [4.78, 5) is 0. The summed E-state index contributed by atoms with van der Waals surface area (Å²) in [6, 6.07) is 9.46. The minimum atomic E-state index is 0.612. The molecule has 1 atom stereocenters. The van der Waals surface area contributed by atoms with Crippen molar-refractivity contribution in [2.24, 2.45) is 0 Å². The van der Waals surface area contributed by atoms with Gasteiger partial charge in [0.2, 0.25) is 0 Å². The van der Waals surface area contributed by atoms with Crippen LogP contribution < -0.4 is 5.32 Å². The minimum Gasteiger partial charge on any atom is -0.315 e. The third-order valence-electron chi connectivity index (χ3n) is 4.81. The Bertz CT molecular complexity index is 631. The van der Waals surface area contributed by atoms with Crippen LogP contribution in [0.1, 0.15) is 35.6 Å². The molecule has 0 amide bonds. The second-order valence-electron chi connectivity index (χ2n) is 6.20. The normalized spacial score (nSPS) is 20.3. The molecule has 4 rings (SSSR count). The van der Waals surface area contributed by atoms with Crippen molar-refractivity contribution >= 4 is 0 Å². The summed E-state index contributed by atoms with van der Waals surface area (Å²) in [5.74, 6) is 2.34. The first-order valence-electron chi connectivity index (χ1n) is 8.11. The van der Waals surface area contributed by atoms with Crippen molar-refractivity contribution in [2.75, 3.05) is 6.54 Å². The van der Waals surface area contributed by atoms with Crippen LogP contribution in [0, 0.1) is 0 Å². The van der Waals surface area contributed by atoms with Crippen molar-refractivity contribution in [2.45, 2.75) is 51.1 Å². The van der Waals surface area contributed by atoms with Gasteiger partial charge < -0.3 is 9.88 Å². The fourth-order valence-corrected chi connectivity index (χ4v) is 3.66. The summed E-state index contributed by atoms with van der Waals surface area (Å²) in [7, 11) is 0. The van der Waals surface area contributed by atoms with Gasteiger partial charge in [-0.2, -0.15) is 0 Å². The molecule has 0 fully saturated rings. The summed E-state index contributed by atoms with van der Waals surface area (Å²) < 4.78 is 2.30. The van der Waals surface area contributed by atoms with Crippen LogP contribution in [0.4, 0.5) is 0 Å². The molecule has 110 valence electrons. The van der Waals surface area contributed by atoms with E-state index >= 15 is 0 Å². The van der Waals surface area contributed by atoms with Crippen molar-refractivity contribution in [3.63, 3.8) is 0 Å². The summed E-state index contributed by atoms with van der Waals surface area (Å²) in [5.41, 5.74) is 3.05. The summed E-state index contributed by atoms with van der Waals surface area (Å²) in [6.45, 7) is 2.11. The number of nitrogens with zero attached hydrogens (tertiary/aromatic N) is 3. The molecule has 1 N–H and O–H groups in total. The van der Waals surface area contributed by atoms with Gasteiger partial charge in [-0.3, -0.25) is 0 Å². The van der Waals surface area contributed by atoms with Crippen molar-refractivity contribution in [1.82, 2.24) is 20.1 Å². The number of fused-ring (bicyclic) bond motifs is 2. The lowest BCUT2D eigenvalue weighted by Gasteiger charge is -2.25. The molecule has 2 heterocycles. The van der Waals surface area contributed by atoms with Gasteiger partial charge in [0.15, 0.2) is 0 Å². The quantitative estimate of drug-likeness (QED) is 0.931. The van der Waals surface area contributed by atoms with E-state index in [1.54, 1.807) is 0 Å². The molecule has 0 unspecified atom stereocenters. The lowest BCUT2D eigenvalue weighted by molar-refractivity contribution is 0.457. The Balaban J connectivity index is 1.32. The molecule has 4 nitrogen and oxygen atoms in total. The molecule has 1 aliphatic carbocycles. The standard InChI is InChI=1S/C17H22N4/c1-2-5-14-12-15(8-7-13(14)4-1)18-10-9-17-20-19-16-6-3-11-21(16)17/h1-2,4-5,15,18H,3,6-12H2/t15-/m0/s1. The molecule has 0 spiro atoms. The Labute approximate surface area is 125 Å². The van der Waals surface area contributed by atoms with Gasteiger partial charge in [-0.25, -0.2) is 0 Å². The zero-order chi connectivity index (χ0) is 14.1. The second kappa shape index (κ2) is 5.60. The highest BCUT2D eigenvalue weighted by atomic mass is 15.3. The van der Waals surface area contributed by atoms with Crippen LogP contribution in [0.15, 0.2) is 24.3 Å². The van der Waals surface area contributed by atoms with Crippen molar-refractivity contribution < 1.29 is 0 Å². The van der Waals surface area contributed by atoms with Gasteiger partial charge in [0.25, 0.3) is 0 Å². The summed E-state index contributed by atoms with van der Waals surface area (Å²) in [6.07, 6.45) is 6.92. The monoisotopic (exact) mass is 282 g/mol. The van der Waals surface area contributed by atoms with E-state index in [1.165, 1.54) is 36.2 Å². The Morgan fingerprint density at radius 3 is 3.00 bits per heavy atom. The smallest absolute Gasteiger partial charge is 0.134 e. The lowest BCUT2D eigenvalue weighted by atomic mass is 9.88. The highest BCUT2D eigenvalue weighted by Crippen LogP contribution is 2.21. The third kappa shape index (κ3) is 2.60. The molecule has 21 heavy (non-hydrogen) atoms. The number of aryl methyl sites for hydroxylation is 2. The highest BCUT2D eigenvalue weighted by molar-refractivity contribution is 5.30. The number of aromatic nitrogens is 3. The first-order valence-corrected chi connectivity index (χ1v) is 8.11. The van der Waals surface area contributed by atoms with E-state index in [0.29, 0.717) is 6.04 Å². The van der Waals surface area contributed by atoms with E-state index in [4.69, 9.17) is 0 Å². The van der Waals surface area contributed by atoms with Crippen molar-refractivity contribution in [1.29, 1.82) is 0 Å². The van der Waals surface area contributed by atoms with E-state index in [1.807, 2.05) is 0 Å². The maximum absolute atomic E-state index is 4.33. The van der Waals surface area contributed by atoms with Gasteiger partial charge >= 0.3 is 0 Å². The molecule has 2 aliphatic rings. The molecular formula is C17H22N4. The van der Waals surface area contributed by atoms with Crippen LogP contribution >= 0.6 is 0 Å². The summed E-state index contributed by atoms with van der Waals surface area (Å²) in [5, 5.41) is 12.3. The van der Waals surface area contributed by atoms with Gasteiger partial charge in [0, 0.05) is 32.0 Å². The molecule has 4 heteroatoms. The Kier molecular flexibility index (Phi) is 3.47. The predicted molar refractivity (Wildman–Crippen MR) is 82.3 cm³/mol. The molecule has 0 bridgehead atoms. The van der Waals surface area contributed by atoms with E-state index in [0.717, 1.165) is 38.2 Å². The number of hydrogen-bond acceptors (Lipinski definition) is 3. The van der Waals surface area contributed by atoms with Crippen LogP contribution in [0.2, 0.25) is 0 Å². The van der Waals surface area contributed by atoms with Crippen LogP contribution in [0.5, 0.6) is 0 Å². The zero-order valence-electron chi connectivity index (χ0n) is 12.4. The fourth-order valence-electron chi connectivity index (χ4n) is 3.66. The number of nitrogens with one attached hydrogen (secondary N) is 1. The summed E-state index contributed by atoms with van der Waals surface area (Å²) >= 11 is 0. The molecular weight excluding hydrogens is 260 g/mol. The minimum absolute atomic E-state index is 0.612. The molecule has 1 aromatic heterocycles. The maximum Gasteiger partial charge on any atom is 0.134 e. The topological polar surface area (TPSA) is 42.7 Å². The third-order valence-corrected chi connectivity index (χ3v) is 4.81. The first kappa shape index (κ1) is 13.0. The van der Waals surface area contributed by atoms with E-state index in [9.17, 15) is 0 Å². The van der Waals surface area contributed by atoms with Gasteiger partial charge in [-0.1, -0.05) is 24.3 Å². The zero-order valence-corrected chi connectivity index (χ0v) is 12.4. The second-order valence-corrected chi connectivity index (χ2v) is 6.20. The first-order chi connectivity index (χ1) is 10.4. The maximum atomic E-state index is 4.33. The largest absolute Gasteiger partial charge is 0.315 e. The van der Waals surface area contributed by atoms with Gasteiger partial charge in [-0.05, 0) is 36.8 Å². The van der Waals surface area contributed by atoms with Crippen molar-refractivity contribution in [3.8, 4) is 0 Å². The molecule has 0 saturated carbocycles. The molecule has 0 saturated heterocycles. The predicted octanol–water partition coefficient (Wildman–Crippen LogP) is 1.91. The SMILES string of the molecule is c1ccc2c(c1)CC[C@H](NCCc1nnc3n1CCC3)C2. The average molecular weight is 282 g/mol. The van der Waals surface area contributed by atoms with Crippen LogP contribution in [-0.4, -0.2) is 27.4 Å². The molecule has 2 aromatic rings. The number of rotatable bonds is 4. The van der Waals surface area contributed by atoms with Crippen LogP contribution in [0.25, 0.3) is 0 Å². The average Bonchev–Trinajstić information content (AvgIpc) is 3.12. The van der Waals surface area contributed by atoms with Crippen LogP contribution in [-0.2, 0) is 32.2 Å². The van der Waals surface area contributed by atoms with Gasteiger partial charge in [0.05, 0.1) is 0 Å². The molecule has 1 aliphatic heterocycles. The Morgan fingerprint density at radius 2 is 2.05 bits per heavy atom. The fraction of sp³-hybridized carbons (Fsp3) is 0.529. The van der Waals surface area contributed by atoms with E-state index in [2.05, 4.69) is 44.3 Å². The molecule has 0 radical (unpaired) electrons. The van der Waals surface area contributed by atoms with E-state index < -0.39 is 0 Å². The lowest BCUT2D eigenvalue weighted by Crippen LogP contribution is -2.36. The number of benzene rings is 1. The molecule has 1 aromatic carbocycles. The highest BCUT2D eigenvalue weighted by Gasteiger charge is 2.19. The van der Waals surface area contributed by atoms with Crippen molar-refractivity contribution in [3.05, 3.63) is 47.0 Å². The van der Waals surface area contributed by atoms with Gasteiger partial charge in [-0.15, -0.1) is 10.2 Å². The Morgan fingerprint density at radius 1 is 1.14 bits per heavy atom. The van der Waals surface area contributed by atoms with E-state index in [-0.39, 0.29) is 0 Å². The number of hydrogen-bond donors (Lipinski definition) is 1. The Hall–Kier alpha value is -1.68. The van der Waals surface area contributed by atoms with Crippen LogP contribution in [0.3, 0.4) is 0 Å².